The Morgan fingerprint density at radius 1 is 1.58 bits per heavy atom. The van der Waals surface area contributed by atoms with E-state index in [0.717, 1.165) is 31.7 Å². The van der Waals surface area contributed by atoms with Gasteiger partial charge in [-0.15, -0.1) is 0 Å². The molecule has 19 heavy (non-hydrogen) atoms. The smallest absolute Gasteiger partial charge is 0.158 e. The maximum Gasteiger partial charge on any atom is 0.158 e. The Balaban J connectivity index is 2.12. The van der Waals surface area contributed by atoms with E-state index >= 15 is 0 Å². The summed E-state index contributed by atoms with van der Waals surface area (Å²) in [7, 11) is 1.61. The Morgan fingerprint density at radius 2 is 2.42 bits per heavy atom. The van der Waals surface area contributed by atoms with Crippen LogP contribution in [-0.2, 0) is 11.3 Å². The molecule has 1 unspecified atom stereocenters. The molecule has 1 fully saturated rings. The van der Waals surface area contributed by atoms with Crippen LogP contribution in [0.25, 0.3) is 0 Å². The molecule has 2 rings (SSSR count). The first-order valence-electron chi connectivity index (χ1n) is 6.46. The van der Waals surface area contributed by atoms with E-state index in [4.69, 9.17) is 15.7 Å². The number of nitrogens with zero attached hydrogens (tertiary/aromatic N) is 3. The third-order valence-electron chi connectivity index (χ3n) is 3.33. The Hall–Kier alpha value is -1.44. The molecule has 0 radical (unpaired) electrons. The number of nitrogens with one attached hydrogen (secondary N) is 1. The van der Waals surface area contributed by atoms with E-state index in [1.54, 1.807) is 7.11 Å². The molecule has 1 aliphatic heterocycles. The number of aromatic nitrogens is 2. The Labute approximate surface area is 112 Å². The minimum absolute atomic E-state index is 0.243. The molecule has 7 nitrogen and oxygen atoms in total. The number of aliphatic hydroxyl groups excluding tert-OH is 1. The molecular formula is C12H21N5O2. The largest absolute Gasteiger partial charge is 0.396 e. The summed E-state index contributed by atoms with van der Waals surface area (Å²) in [5, 5.41) is 8.99. The van der Waals surface area contributed by atoms with Gasteiger partial charge in [0.2, 0.25) is 0 Å². The van der Waals surface area contributed by atoms with Gasteiger partial charge < -0.3 is 20.2 Å². The predicted octanol–water partition coefficient (Wildman–Crippen LogP) is 0.117. The van der Waals surface area contributed by atoms with Crippen LogP contribution in [0.5, 0.6) is 0 Å². The highest BCUT2D eigenvalue weighted by Crippen LogP contribution is 2.25. The van der Waals surface area contributed by atoms with Gasteiger partial charge in [0.25, 0.3) is 0 Å². The quantitative estimate of drug-likeness (QED) is 0.497. The van der Waals surface area contributed by atoms with Crippen molar-refractivity contribution in [2.24, 2.45) is 11.8 Å². The van der Waals surface area contributed by atoms with E-state index in [0.29, 0.717) is 24.2 Å². The van der Waals surface area contributed by atoms with Crippen molar-refractivity contribution in [2.45, 2.75) is 19.4 Å². The molecule has 1 atom stereocenters. The number of hydrazine groups is 1. The summed E-state index contributed by atoms with van der Waals surface area (Å²) in [6.45, 7) is 2.45. The van der Waals surface area contributed by atoms with Crippen molar-refractivity contribution in [3.05, 3.63) is 11.9 Å². The maximum atomic E-state index is 8.99. The van der Waals surface area contributed by atoms with Gasteiger partial charge in [0, 0.05) is 32.9 Å². The maximum absolute atomic E-state index is 8.99. The fraction of sp³-hybridized carbons (Fsp3) is 0.667. The van der Waals surface area contributed by atoms with Crippen molar-refractivity contribution < 1.29 is 9.84 Å². The molecule has 0 amide bonds. The lowest BCUT2D eigenvalue weighted by Crippen LogP contribution is -2.23. The van der Waals surface area contributed by atoms with Gasteiger partial charge in [-0.25, -0.2) is 15.8 Å². The van der Waals surface area contributed by atoms with Crippen LogP contribution < -0.4 is 16.2 Å². The fourth-order valence-corrected chi connectivity index (χ4v) is 2.37. The second-order valence-corrected chi connectivity index (χ2v) is 4.72. The molecule has 0 bridgehead atoms. The van der Waals surface area contributed by atoms with E-state index in [1.165, 1.54) is 0 Å². The van der Waals surface area contributed by atoms with Crippen molar-refractivity contribution in [1.29, 1.82) is 0 Å². The number of nitrogens with two attached hydrogens (primary N) is 1. The molecule has 1 saturated heterocycles. The van der Waals surface area contributed by atoms with Crippen LogP contribution in [0, 0.1) is 5.92 Å². The summed E-state index contributed by atoms with van der Waals surface area (Å²) in [5.41, 5.74) is 2.55. The summed E-state index contributed by atoms with van der Waals surface area (Å²) >= 11 is 0. The lowest BCUT2D eigenvalue weighted by molar-refractivity contribution is 0.178. The average Bonchev–Trinajstić information content (AvgIpc) is 2.88. The second-order valence-electron chi connectivity index (χ2n) is 4.72. The molecule has 0 saturated carbocycles. The summed E-state index contributed by atoms with van der Waals surface area (Å²) in [6, 6.07) is 1.83. The molecule has 1 aromatic heterocycles. The fourth-order valence-electron chi connectivity index (χ4n) is 2.37. The van der Waals surface area contributed by atoms with Gasteiger partial charge in [-0.2, -0.15) is 0 Å². The van der Waals surface area contributed by atoms with Crippen molar-refractivity contribution in [1.82, 2.24) is 9.97 Å². The molecule has 1 aliphatic rings. The van der Waals surface area contributed by atoms with Gasteiger partial charge in [0.15, 0.2) is 5.82 Å². The number of hydrogen-bond acceptors (Lipinski definition) is 7. The topological polar surface area (TPSA) is 96.5 Å². The lowest BCUT2D eigenvalue weighted by Gasteiger charge is -2.18. The summed E-state index contributed by atoms with van der Waals surface area (Å²) in [4.78, 5) is 10.9. The molecule has 1 aromatic rings. The first kappa shape index (κ1) is 14.0. The van der Waals surface area contributed by atoms with Gasteiger partial charge in [-0.05, 0) is 18.8 Å². The van der Waals surface area contributed by atoms with Crippen LogP contribution >= 0.6 is 0 Å². The number of rotatable bonds is 6. The molecule has 0 spiro atoms. The first-order valence-corrected chi connectivity index (χ1v) is 6.46. The third-order valence-corrected chi connectivity index (χ3v) is 3.33. The second kappa shape index (κ2) is 6.65. The summed E-state index contributed by atoms with van der Waals surface area (Å²) in [6.07, 6.45) is 1.92. The standard InChI is InChI=1S/C12H21N5O2/c1-19-8-11-14-10(16-13)6-12(15-11)17-4-2-9(7-17)3-5-18/h6,9,18H,2-5,7-8,13H2,1H3,(H,14,15,16). The van der Waals surface area contributed by atoms with Crippen molar-refractivity contribution >= 4 is 11.6 Å². The van der Waals surface area contributed by atoms with Gasteiger partial charge >= 0.3 is 0 Å². The number of methoxy groups -OCH3 is 1. The molecule has 4 N–H and O–H groups in total. The zero-order chi connectivity index (χ0) is 13.7. The van der Waals surface area contributed by atoms with Crippen LogP contribution in [0.2, 0.25) is 0 Å². The molecule has 106 valence electrons. The minimum atomic E-state index is 0.243. The number of ether oxygens (including phenoxy) is 1. The zero-order valence-corrected chi connectivity index (χ0v) is 11.2. The summed E-state index contributed by atoms with van der Waals surface area (Å²) in [5.74, 6) is 8.01. The highest BCUT2D eigenvalue weighted by atomic mass is 16.5. The van der Waals surface area contributed by atoms with E-state index in [-0.39, 0.29) is 6.61 Å². The van der Waals surface area contributed by atoms with Crippen LogP contribution in [0.3, 0.4) is 0 Å². The molecule has 0 aliphatic carbocycles. The van der Waals surface area contributed by atoms with Gasteiger partial charge in [0.1, 0.15) is 18.2 Å². The van der Waals surface area contributed by atoms with E-state index < -0.39 is 0 Å². The van der Waals surface area contributed by atoms with Gasteiger partial charge in [-0.3, -0.25) is 0 Å². The van der Waals surface area contributed by atoms with Crippen molar-refractivity contribution in [3.63, 3.8) is 0 Å². The molecule has 7 heteroatoms. The molecular weight excluding hydrogens is 246 g/mol. The lowest BCUT2D eigenvalue weighted by atomic mass is 10.1. The Morgan fingerprint density at radius 3 is 3.11 bits per heavy atom. The Kier molecular flexibility index (Phi) is 4.89. The van der Waals surface area contributed by atoms with E-state index in [2.05, 4.69) is 20.3 Å². The number of nitrogen functional groups attached to an aromatic ring is 1. The highest BCUT2D eigenvalue weighted by Gasteiger charge is 2.23. The number of hydrogen-bond donors (Lipinski definition) is 3. The number of anilines is 2. The monoisotopic (exact) mass is 267 g/mol. The SMILES string of the molecule is COCc1nc(NN)cc(N2CCC(CCO)C2)n1. The summed E-state index contributed by atoms with van der Waals surface area (Å²) < 4.78 is 5.06. The van der Waals surface area contributed by atoms with Crippen LogP contribution in [0.4, 0.5) is 11.6 Å². The Bertz CT molecular complexity index is 415. The predicted molar refractivity (Wildman–Crippen MR) is 72.6 cm³/mol. The van der Waals surface area contributed by atoms with Crippen LogP contribution in [0.1, 0.15) is 18.7 Å². The normalized spacial score (nSPS) is 18.9. The van der Waals surface area contributed by atoms with Crippen molar-refractivity contribution in [3.8, 4) is 0 Å². The van der Waals surface area contributed by atoms with Crippen molar-refractivity contribution in [2.75, 3.05) is 37.1 Å². The minimum Gasteiger partial charge on any atom is -0.396 e. The van der Waals surface area contributed by atoms with E-state index in [9.17, 15) is 0 Å². The first-order chi connectivity index (χ1) is 9.26. The molecule has 2 heterocycles. The van der Waals surface area contributed by atoms with Crippen LogP contribution in [-0.4, -0.2) is 41.9 Å². The number of aliphatic hydroxyl groups is 1. The van der Waals surface area contributed by atoms with Gasteiger partial charge in [0.05, 0.1) is 0 Å². The van der Waals surface area contributed by atoms with Gasteiger partial charge in [-0.1, -0.05) is 0 Å². The highest BCUT2D eigenvalue weighted by molar-refractivity contribution is 5.49. The third kappa shape index (κ3) is 3.52. The van der Waals surface area contributed by atoms with E-state index in [1.807, 2.05) is 6.07 Å². The molecule has 0 aromatic carbocycles. The van der Waals surface area contributed by atoms with Crippen LogP contribution in [0.15, 0.2) is 6.07 Å². The zero-order valence-electron chi connectivity index (χ0n) is 11.2. The average molecular weight is 267 g/mol.